The fraction of sp³-hybridized carbons (Fsp3) is 0.429. The Bertz CT molecular complexity index is 274. The van der Waals surface area contributed by atoms with E-state index in [4.69, 9.17) is 0 Å². The SMILES string of the molecule is CC(C)=CC(C)=[CH][Co][CH]=C(C)C=C(C)C. The van der Waals surface area contributed by atoms with E-state index in [2.05, 4.69) is 63.7 Å². The molecule has 0 aromatic carbocycles. The van der Waals surface area contributed by atoms with E-state index in [0.717, 1.165) is 0 Å². The molecule has 0 saturated heterocycles. The molecule has 0 N–H and O–H groups in total. The summed E-state index contributed by atoms with van der Waals surface area (Å²) in [7, 11) is 0. The monoisotopic (exact) mass is 249 g/mol. The summed E-state index contributed by atoms with van der Waals surface area (Å²) >= 11 is 1.29. The van der Waals surface area contributed by atoms with E-state index >= 15 is 0 Å². The first-order valence-electron chi connectivity index (χ1n) is 5.12. The molecule has 0 aliphatic carbocycles. The summed E-state index contributed by atoms with van der Waals surface area (Å²) in [5.74, 6) is 0. The minimum atomic E-state index is 1.29. The normalized spacial score (nSPS) is 12.7. The molecule has 0 atom stereocenters. The Labute approximate surface area is 101 Å². The number of hydrogen-bond donors (Lipinski definition) is 0. The van der Waals surface area contributed by atoms with Crippen LogP contribution < -0.4 is 0 Å². The quantitative estimate of drug-likeness (QED) is 0.627. The van der Waals surface area contributed by atoms with Gasteiger partial charge in [-0.05, 0) is 0 Å². The molecule has 0 aliphatic heterocycles. The second-order valence-electron chi connectivity index (χ2n) is 4.23. The predicted molar refractivity (Wildman–Crippen MR) is 66.4 cm³/mol. The maximum absolute atomic E-state index is 2.23. The van der Waals surface area contributed by atoms with Crippen LogP contribution in [0.1, 0.15) is 41.5 Å². The molecule has 0 bridgehead atoms. The molecule has 87 valence electrons. The molecule has 0 aromatic heterocycles. The van der Waals surface area contributed by atoms with Gasteiger partial charge in [-0.25, -0.2) is 0 Å². The molecule has 0 aromatic rings. The van der Waals surface area contributed by atoms with Gasteiger partial charge >= 0.3 is 101 Å². The summed E-state index contributed by atoms with van der Waals surface area (Å²) in [6, 6.07) is 0. The number of allylic oxidation sites excluding steroid dienone is 6. The van der Waals surface area contributed by atoms with Crippen molar-refractivity contribution in [2.45, 2.75) is 41.5 Å². The molecular weight excluding hydrogens is 227 g/mol. The predicted octanol–water partition coefficient (Wildman–Crippen LogP) is 4.81. The molecule has 0 unspecified atom stereocenters. The first-order chi connectivity index (χ1) is 6.91. The summed E-state index contributed by atoms with van der Waals surface area (Å²) in [6.07, 6.45) is 4.41. The third-order valence-electron chi connectivity index (χ3n) is 1.45. The molecule has 15 heavy (non-hydrogen) atoms. The average Bonchev–Trinajstić information content (AvgIpc) is 2.00. The van der Waals surface area contributed by atoms with Gasteiger partial charge in [0.15, 0.2) is 0 Å². The van der Waals surface area contributed by atoms with E-state index in [9.17, 15) is 0 Å². The molecule has 0 heterocycles. The van der Waals surface area contributed by atoms with Gasteiger partial charge in [0.25, 0.3) is 0 Å². The fourth-order valence-corrected chi connectivity index (χ4v) is 1.98. The van der Waals surface area contributed by atoms with E-state index in [-0.39, 0.29) is 0 Å². The summed E-state index contributed by atoms with van der Waals surface area (Å²) < 4.78 is 0. The Hall–Kier alpha value is -0.534. The Balaban J connectivity index is 4.29. The molecule has 0 saturated carbocycles. The van der Waals surface area contributed by atoms with Crippen LogP contribution in [0, 0.1) is 0 Å². The van der Waals surface area contributed by atoms with Crippen LogP contribution >= 0.6 is 0 Å². The van der Waals surface area contributed by atoms with Gasteiger partial charge in [0.2, 0.25) is 0 Å². The maximum atomic E-state index is 2.23. The van der Waals surface area contributed by atoms with E-state index in [1.165, 1.54) is 37.0 Å². The zero-order valence-electron chi connectivity index (χ0n) is 10.6. The van der Waals surface area contributed by atoms with Crippen LogP contribution in [0.5, 0.6) is 0 Å². The van der Waals surface area contributed by atoms with E-state index < -0.39 is 0 Å². The second kappa shape index (κ2) is 7.72. The third-order valence-corrected chi connectivity index (χ3v) is 2.74. The first kappa shape index (κ1) is 14.5. The third kappa shape index (κ3) is 9.76. The van der Waals surface area contributed by atoms with Crippen molar-refractivity contribution >= 4 is 0 Å². The van der Waals surface area contributed by atoms with Crippen LogP contribution in [0.2, 0.25) is 0 Å². The molecule has 1 heteroatoms. The van der Waals surface area contributed by atoms with Crippen molar-refractivity contribution < 1.29 is 14.7 Å². The van der Waals surface area contributed by atoms with Crippen LogP contribution in [0.25, 0.3) is 0 Å². The van der Waals surface area contributed by atoms with Crippen LogP contribution in [0.3, 0.4) is 0 Å². The zero-order chi connectivity index (χ0) is 11.8. The van der Waals surface area contributed by atoms with Gasteiger partial charge in [-0.2, -0.15) is 0 Å². The standard InChI is InChI=1S/2C7H11.Co/c2*1-6(2)5-7(3)4;/h2*1,5H,2-4H3;. The molecule has 0 spiro atoms. The van der Waals surface area contributed by atoms with Gasteiger partial charge in [-0.1, -0.05) is 0 Å². The number of hydrogen-bond acceptors (Lipinski definition) is 0. The van der Waals surface area contributed by atoms with Crippen LogP contribution in [-0.4, -0.2) is 0 Å². The topological polar surface area (TPSA) is 0 Å². The van der Waals surface area contributed by atoms with E-state index in [1.807, 2.05) is 0 Å². The Morgan fingerprint density at radius 2 is 1.00 bits per heavy atom. The van der Waals surface area contributed by atoms with Gasteiger partial charge in [-0.3, -0.25) is 0 Å². The van der Waals surface area contributed by atoms with Gasteiger partial charge in [0.1, 0.15) is 0 Å². The molecule has 0 nitrogen and oxygen atoms in total. The van der Waals surface area contributed by atoms with Crippen molar-refractivity contribution in [3.63, 3.8) is 0 Å². The van der Waals surface area contributed by atoms with Gasteiger partial charge in [0, 0.05) is 0 Å². The summed E-state index contributed by atoms with van der Waals surface area (Å²) in [4.78, 5) is 0. The summed E-state index contributed by atoms with van der Waals surface area (Å²) in [5.41, 5.74) is 5.36. The second-order valence-corrected chi connectivity index (χ2v) is 5.18. The molecule has 0 fully saturated rings. The molecule has 0 radical (unpaired) electrons. The first-order valence-corrected chi connectivity index (χ1v) is 6.32. The Kier molecular flexibility index (Phi) is 7.44. The van der Waals surface area contributed by atoms with Crippen molar-refractivity contribution in [1.29, 1.82) is 0 Å². The molecule has 0 amide bonds. The Morgan fingerprint density at radius 1 is 0.667 bits per heavy atom. The summed E-state index contributed by atoms with van der Waals surface area (Å²) in [5, 5.41) is 4.46. The fourth-order valence-electron chi connectivity index (χ4n) is 1.17. The van der Waals surface area contributed by atoms with Crippen molar-refractivity contribution in [3.8, 4) is 0 Å². The van der Waals surface area contributed by atoms with E-state index in [1.54, 1.807) is 0 Å². The van der Waals surface area contributed by atoms with Gasteiger partial charge < -0.3 is 0 Å². The van der Waals surface area contributed by atoms with Crippen molar-refractivity contribution in [1.82, 2.24) is 0 Å². The van der Waals surface area contributed by atoms with Gasteiger partial charge in [0.05, 0.1) is 0 Å². The zero-order valence-corrected chi connectivity index (χ0v) is 11.7. The van der Waals surface area contributed by atoms with Crippen LogP contribution in [-0.2, 0) is 14.7 Å². The van der Waals surface area contributed by atoms with Crippen molar-refractivity contribution in [2.24, 2.45) is 0 Å². The Morgan fingerprint density at radius 3 is 1.27 bits per heavy atom. The summed E-state index contributed by atoms with van der Waals surface area (Å²) in [6.45, 7) is 12.8. The minimum absolute atomic E-state index is 1.29. The van der Waals surface area contributed by atoms with Crippen LogP contribution in [0.15, 0.2) is 44.5 Å². The number of rotatable bonds is 4. The molecule has 0 rings (SSSR count). The van der Waals surface area contributed by atoms with Crippen molar-refractivity contribution in [3.05, 3.63) is 44.5 Å². The van der Waals surface area contributed by atoms with Crippen molar-refractivity contribution in [2.75, 3.05) is 0 Å². The van der Waals surface area contributed by atoms with Gasteiger partial charge in [-0.15, -0.1) is 0 Å². The van der Waals surface area contributed by atoms with Crippen LogP contribution in [0.4, 0.5) is 0 Å². The van der Waals surface area contributed by atoms with E-state index in [0.29, 0.717) is 0 Å². The average molecular weight is 249 g/mol. The molecular formula is C14H22Co. The molecule has 0 aliphatic rings.